The van der Waals surface area contributed by atoms with Crippen molar-refractivity contribution in [3.8, 4) is 0 Å². The fourth-order valence-electron chi connectivity index (χ4n) is 2.60. The summed E-state index contributed by atoms with van der Waals surface area (Å²) in [7, 11) is 0. The van der Waals surface area contributed by atoms with Crippen LogP contribution in [0.2, 0.25) is 5.02 Å². The average Bonchev–Trinajstić information content (AvgIpc) is 2.39. The van der Waals surface area contributed by atoms with Crippen LogP contribution in [0.15, 0.2) is 18.2 Å². The number of likely N-dealkylation sites (tertiary alicyclic amines) is 1. The predicted octanol–water partition coefficient (Wildman–Crippen LogP) is 2.72. The Balaban J connectivity index is 1.95. The zero-order chi connectivity index (χ0) is 14.7. The molecule has 1 fully saturated rings. The van der Waals surface area contributed by atoms with Gasteiger partial charge in [0.15, 0.2) is 0 Å². The van der Waals surface area contributed by atoms with Gasteiger partial charge in [-0.15, -0.1) is 0 Å². The van der Waals surface area contributed by atoms with Crippen LogP contribution in [0.5, 0.6) is 0 Å². The van der Waals surface area contributed by atoms with Gasteiger partial charge in [-0.2, -0.15) is 0 Å². The molecule has 1 saturated heterocycles. The highest BCUT2D eigenvalue weighted by Crippen LogP contribution is 2.23. The van der Waals surface area contributed by atoms with E-state index in [2.05, 4.69) is 24.1 Å². The topological polar surface area (TPSA) is 58.4 Å². The molecule has 20 heavy (non-hydrogen) atoms. The summed E-state index contributed by atoms with van der Waals surface area (Å²) in [6.45, 7) is 6.69. The molecule has 1 aromatic rings. The number of benzene rings is 1. The third-order valence-electron chi connectivity index (χ3n) is 3.87. The van der Waals surface area contributed by atoms with Gasteiger partial charge in [0.1, 0.15) is 0 Å². The zero-order valence-corrected chi connectivity index (χ0v) is 12.8. The van der Waals surface area contributed by atoms with E-state index in [-0.39, 0.29) is 0 Å². The lowest BCUT2D eigenvalue weighted by atomic mass is 10.0. The molecule has 0 bridgehead atoms. The van der Waals surface area contributed by atoms with E-state index in [1.54, 1.807) is 12.1 Å². The smallest absolute Gasteiger partial charge is 0.250 e. The molecule has 0 saturated carbocycles. The Labute approximate surface area is 125 Å². The lowest BCUT2D eigenvalue weighted by Gasteiger charge is -2.35. The van der Waals surface area contributed by atoms with Gasteiger partial charge in [0.25, 0.3) is 0 Å². The average molecular weight is 296 g/mol. The lowest BCUT2D eigenvalue weighted by molar-refractivity contribution is 0.100. The summed E-state index contributed by atoms with van der Waals surface area (Å²) in [5.74, 6) is -0.494. The van der Waals surface area contributed by atoms with Gasteiger partial charge in [0, 0.05) is 30.9 Å². The van der Waals surface area contributed by atoms with Gasteiger partial charge >= 0.3 is 0 Å². The number of nitrogens with zero attached hydrogens (tertiary/aromatic N) is 1. The van der Waals surface area contributed by atoms with E-state index >= 15 is 0 Å². The minimum atomic E-state index is -0.494. The molecule has 0 spiro atoms. The number of anilines is 1. The van der Waals surface area contributed by atoms with Crippen LogP contribution < -0.4 is 11.1 Å². The van der Waals surface area contributed by atoms with E-state index in [0.717, 1.165) is 31.6 Å². The highest BCUT2D eigenvalue weighted by molar-refractivity contribution is 6.34. The van der Waals surface area contributed by atoms with Gasteiger partial charge in [-0.25, -0.2) is 0 Å². The van der Waals surface area contributed by atoms with E-state index in [1.165, 1.54) is 0 Å². The van der Waals surface area contributed by atoms with Gasteiger partial charge in [-0.1, -0.05) is 11.6 Å². The minimum Gasteiger partial charge on any atom is -0.382 e. The summed E-state index contributed by atoms with van der Waals surface area (Å²) in [6, 6.07) is 6.38. The predicted molar refractivity (Wildman–Crippen MR) is 83.3 cm³/mol. The van der Waals surface area contributed by atoms with Crippen molar-refractivity contribution >= 4 is 23.2 Å². The van der Waals surface area contributed by atoms with E-state index in [4.69, 9.17) is 17.3 Å². The van der Waals surface area contributed by atoms with Crippen molar-refractivity contribution in [2.75, 3.05) is 18.4 Å². The number of rotatable bonds is 4. The van der Waals surface area contributed by atoms with Gasteiger partial charge in [0.2, 0.25) is 5.91 Å². The Morgan fingerprint density at radius 3 is 2.55 bits per heavy atom. The SMILES string of the molecule is CC(C)N1CCC(Nc2ccc(C(N)=O)c(Cl)c2)CC1. The fraction of sp³-hybridized carbons (Fsp3) is 0.533. The second-order valence-corrected chi connectivity index (χ2v) is 6.01. The third-order valence-corrected chi connectivity index (χ3v) is 4.18. The van der Waals surface area contributed by atoms with Gasteiger partial charge in [-0.3, -0.25) is 4.79 Å². The maximum absolute atomic E-state index is 11.1. The minimum absolute atomic E-state index is 0.367. The maximum atomic E-state index is 11.1. The molecule has 5 heteroatoms. The van der Waals surface area contributed by atoms with Crippen molar-refractivity contribution in [1.82, 2.24) is 4.90 Å². The van der Waals surface area contributed by atoms with Crippen molar-refractivity contribution in [2.45, 2.75) is 38.8 Å². The maximum Gasteiger partial charge on any atom is 0.250 e. The fourth-order valence-corrected chi connectivity index (χ4v) is 2.87. The van der Waals surface area contributed by atoms with Crippen LogP contribution in [-0.4, -0.2) is 36.0 Å². The van der Waals surface area contributed by atoms with Crippen LogP contribution in [-0.2, 0) is 0 Å². The van der Waals surface area contributed by atoms with E-state index in [0.29, 0.717) is 22.7 Å². The summed E-state index contributed by atoms with van der Waals surface area (Å²) in [5.41, 5.74) is 6.56. The molecule has 110 valence electrons. The van der Waals surface area contributed by atoms with Crippen LogP contribution in [0.25, 0.3) is 0 Å². The van der Waals surface area contributed by atoms with Gasteiger partial charge in [-0.05, 0) is 44.9 Å². The molecule has 1 aromatic carbocycles. The van der Waals surface area contributed by atoms with E-state index in [9.17, 15) is 4.79 Å². The zero-order valence-electron chi connectivity index (χ0n) is 12.0. The highest BCUT2D eigenvalue weighted by Gasteiger charge is 2.20. The first-order valence-corrected chi connectivity index (χ1v) is 7.45. The molecular formula is C15H22ClN3O. The molecule has 0 unspecified atom stereocenters. The molecule has 0 radical (unpaired) electrons. The third kappa shape index (κ3) is 3.64. The Hall–Kier alpha value is -1.26. The van der Waals surface area contributed by atoms with Gasteiger partial charge in [0.05, 0.1) is 10.6 Å². The molecule has 1 aliphatic heterocycles. The Bertz CT molecular complexity index is 482. The number of nitrogens with one attached hydrogen (secondary N) is 1. The van der Waals surface area contributed by atoms with Gasteiger partial charge < -0.3 is 16.0 Å². The number of halogens is 1. The first-order valence-electron chi connectivity index (χ1n) is 7.07. The molecule has 0 atom stereocenters. The normalized spacial score (nSPS) is 17.4. The number of piperidine rings is 1. The first kappa shape index (κ1) is 15.1. The van der Waals surface area contributed by atoms with E-state index in [1.807, 2.05) is 6.07 Å². The van der Waals surface area contributed by atoms with Crippen molar-refractivity contribution < 1.29 is 4.79 Å². The molecule has 1 aliphatic rings. The standard InChI is InChI=1S/C15H22ClN3O/c1-10(2)19-7-5-11(6-8-19)18-12-3-4-13(15(17)20)14(16)9-12/h3-4,9-11,18H,5-8H2,1-2H3,(H2,17,20). The second kappa shape index (κ2) is 6.46. The van der Waals surface area contributed by atoms with Crippen LogP contribution in [0.4, 0.5) is 5.69 Å². The quantitative estimate of drug-likeness (QED) is 0.898. The molecule has 3 N–H and O–H groups in total. The van der Waals surface area contributed by atoms with Crippen LogP contribution in [0.3, 0.4) is 0 Å². The molecule has 1 amide bonds. The van der Waals surface area contributed by atoms with E-state index < -0.39 is 5.91 Å². The second-order valence-electron chi connectivity index (χ2n) is 5.61. The molecule has 2 rings (SSSR count). The Kier molecular flexibility index (Phi) is 4.89. The number of carbonyl (C=O) groups excluding carboxylic acids is 1. The number of amides is 1. The summed E-state index contributed by atoms with van der Waals surface area (Å²) in [5, 5.41) is 3.89. The summed E-state index contributed by atoms with van der Waals surface area (Å²) in [4.78, 5) is 13.6. The number of carbonyl (C=O) groups is 1. The van der Waals surface area contributed by atoms with Crippen molar-refractivity contribution in [3.63, 3.8) is 0 Å². The molecule has 0 aliphatic carbocycles. The van der Waals surface area contributed by atoms with Crippen LogP contribution in [0.1, 0.15) is 37.0 Å². The van der Waals surface area contributed by atoms with Crippen molar-refractivity contribution in [2.24, 2.45) is 5.73 Å². The summed E-state index contributed by atoms with van der Waals surface area (Å²) in [6.07, 6.45) is 2.24. The summed E-state index contributed by atoms with van der Waals surface area (Å²) < 4.78 is 0. The Morgan fingerprint density at radius 1 is 1.40 bits per heavy atom. The summed E-state index contributed by atoms with van der Waals surface area (Å²) >= 11 is 6.06. The monoisotopic (exact) mass is 295 g/mol. The largest absolute Gasteiger partial charge is 0.382 e. The molecule has 1 heterocycles. The van der Waals surface area contributed by atoms with Crippen LogP contribution >= 0.6 is 11.6 Å². The molecular weight excluding hydrogens is 274 g/mol. The number of nitrogens with two attached hydrogens (primary N) is 1. The lowest BCUT2D eigenvalue weighted by Crippen LogP contribution is -2.42. The molecule has 4 nitrogen and oxygen atoms in total. The van der Waals surface area contributed by atoms with Crippen molar-refractivity contribution in [1.29, 1.82) is 0 Å². The number of primary amides is 1. The number of hydrogen-bond acceptors (Lipinski definition) is 3. The van der Waals surface area contributed by atoms with Crippen LogP contribution in [0, 0.1) is 0 Å². The number of hydrogen-bond donors (Lipinski definition) is 2. The molecule has 0 aromatic heterocycles. The highest BCUT2D eigenvalue weighted by atomic mass is 35.5. The Morgan fingerprint density at radius 2 is 2.05 bits per heavy atom. The first-order chi connectivity index (χ1) is 9.47. The van der Waals surface area contributed by atoms with Crippen molar-refractivity contribution in [3.05, 3.63) is 28.8 Å².